The lowest BCUT2D eigenvalue weighted by Crippen LogP contribution is -2.44. The number of nitrogens with zero attached hydrogens (tertiary/aromatic N) is 1. The number of hydrogen-bond acceptors (Lipinski definition) is 2. The summed E-state index contributed by atoms with van der Waals surface area (Å²) in [5.74, 6) is 0.776. The SMILES string of the molecule is Cc1ccncc1CC1(CC(C)C)CCC(=O)N1. The molecule has 1 unspecified atom stereocenters. The first-order chi connectivity index (χ1) is 8.51. The van der Waals surface area contributed by atoms with Gasteiger partial charge in [0.05, 0.1) is 0 Å². The van der Waals surface area contributed by atoms with Gasteiger partial charge in [0.1, 0.15) is 0 Å². The second-order valence-corrected chi connectivity index (χ2v) is 5.91. The Morgan fingerprint density at radius 3 is 2.83 bits per heavy atom. The van der Waals surface area contributed by atoms with Crippen LogP contribution < -0.4 is 5.32 Å². The van der Waals surface area contributed by atoms with Crippen molar-refractivity contribution in [3.8, 4) is 0 Å². The molecule has 0 aliphatic carbocycles. The van der Waals surface area contributed by atoms with Crippen molar-refractivity contribution >= 4 is 5.91 Å². The molecular formula is C15H22N2O. The van der Waals surface area contributed by atoms with Crippen LogP contribution in [0.5, 0.6) is 0 Å². The fraction of sp³-hybridized carbons (Fsp3) is 0.600. The number of aromatic nitrogens is 1. The van der Waals surface area contributed by atoms with Crippen LogP contribution >= 0.6 is 0 Å². The van der Waals surface area contributed by atoms with Crippen molar-refractivity contribution in [3.05, 3.63) is 29.6 Å². The average molecular weight is 246 g/mol. The van der Waals surface area contributed by atoms with E-state index in [1.165, 1.54) is 11.1 Å². The summed E-state index contributed by atoms with van der Waals surface area (Å²) < 4.78 is 0. The van der Waals surface area contributed by atoms with Gasteiger partial charge in [-0.2, -0.15) is 0 Å². The molecule has 0 radical (unpaired) electrons. The van der Waals surface area contributed by atoms with E-state index in [1.807, 2.05) is 18.5 Å². The smallest absolute Gasteiger partial charge is 0.220 e. The molecule has 1 N–H and O–H groups in total. The minimum atomic E-state index is -0.0565. The van der Waals surface area contributed by atoms with Gasteiger partial charge in [0.25, 0.3) is 0 Å². The molecular weight excluding hydrogens is 224 g/mol. The van der Waals surface area contributed by atoms with Gasteiger partial charge in [0.15, 0.2) is 0 Å². The monoisotopic (exact) mass is 246 g/mol. The van der Waals surface area contributed by atoms with Crippen LogP contribution in [0.15, 0.2) is 18.5 Å². The van der Waals surface area contributed by atoms with Gasteiger partial charge < -0.3 is 5.32 Å². The lowest BCUT2D eigenvalue weighted by Gasteiger charge is -2.31. The van der Waals surface area contributed by atoms with Gasteiger partial charge >= 0.3 is 0 Å². The summed E-state index contributed by atoms with van der Waals surface area (Å²) >= 11 is 0. The molecule has 98 valence electrons. The van der Waals surface area contributed by atoms with Crippen LogP contribution in [-0.2, 0) is 11.2 Å². The number of carbonyl (C=O) groups is 1. The predicted octanol–water partition coefficient (Wildman–Crippen LogP) is 2.63. The predicted molar refractivity (Wildman–Crippen MR) is 72.2 cm³/mol. The molecule has 1 aromatic heterocycles. The summed E-state index contributed by atoms with van der Waals surface area (Å²) in [4.78, 5) is 15.8. The highest BCUT2D eigenvalue weighted by Crippen LogP contribution is 2.31. The summed E-state index contributed by atoms with van der Waals surface area (Å²) in [5.41, 5.74) is 2.45. The van der Waals surface area contributed by atoms with Crippen LogP contribution in [0.2, 0.25) is 0 Å². The van der Waals surface area contributed by atoms with Gasteiger partial charge in [-0.3, -0.25) is 9.78 Å². The van der Waals surface area contributed by atoms with E-state index in [0.29, 0.717) is 12.3 Å². The Morgan fingerprint density at radius 2 is 2.28 bits per heavy atom. The van der Waals surface area contributed by atoms with Crippen molar-refractivity contribution in [2.24, 2.45) is 5.92 Å². The zero-order valence-electron chi connectivity index (χ0n) is 11.5. The Balaban J connectivity index is 2.21. The number of pyridine rings is 1. The maximum atomic E-state index is 11.6. The maximum Gasteiger partial charge on any atom is 0.220 e. The standard InChI is InChI=1S/C15H22N2O/c1-11(2)8-15(6-4-14(18)17-15)9-13-10-16-7-5-12(13)3/h5,7,10-11H,4,6,8-9H2,1-3H3,(H,17,18). The molecule has 1 fully saturated rings. The van der Waals surface area contributed by atoms with E-state index in [1.54, 1.807) is 0 Å². The van der Waals surface area contributed by atoms with Crippen LogP contribution in [0, 0.1) is 12.8 Å². The average Bonchev–Trinajstić information content (AvgIpc) is 2.62. The molecule has 1 aliphatic heterocycles. The molecule has 0 aromatic carbocycles. The molecule has 1 atom stereocenters. The number of aryl methyl sites for hydroxylation is 1. The van der Waals surface area contributed by atoms with Gasteiger partial charge in [0.2, 0.25) is 5.91 Å². The third-order valence-electron chi connectivity index (χ3n) is 3.71. The Kier molecular flexibility index (Phi) is 3.69. The first kappa shape index (κ1) is 13.1. The van der Waals surface area contributed by atoms with E-state index in [4.69, 9.17) is 0 Å². The number of amides is 1. The van der Waals surface area contributed by atoms with E-state index >= 15 is 0 Å². The van der Waals surface area contributed by atoms with Crippen LogP contribution in [0.4, 0.5) is 0 Å². The Hall–Kier alpha value is -1.38. The fourth-order valence-corrected chi connectivity index (χ4v) is 2.96. The highest BCUT2D eigenvalue weighted by atomic mass is 16.2. The molecule has 1 saturated heterocycles. The van der Waals surface area contributed by atoms with E-state index in [2.05, 4.69) is 31.1 Å². The molecule has 1 aromatic rings. The van der Waals surface area contributed by atoms with Crippen molar-refractivity contribution in [2.75, 3.05) is 0 Å². The van der Waals surface area contributed by atoms with E-state index < -0.39 is 0 Å². The molecule has 1 amide bonds. The molecule has 3 nitrogen and oxygen atoms in total. The normalized spacial score (nSPS) is 23.4. The summed E-state index contributed by atoms with van der Waals surface area (Å²) in [6.45, 7) is 6.53. The Bertz CT molecular complexity index is 442. The van der Waals surface area contributed by atoms with Crippen molar-refractivity contribution in [1.82, 2.24) is 10.3 Å². The third kappa shape index (κ3) is 2.89. The van der Waals surface area contributed by atoms with Crippen molar-refractivity contribution < 1.29 is 4.79 Å². The second kappa shape index (κ2) is 5.09. The summed E-state index contributed by atoms with van der Waals surface area (Å²) in [7, 11) is 0. The summed E-state index contributed by atoms with van der Waals surface area (Å²) in [6, 6.07) is 2.04. The minimum absolute atomic E-state index is 0.0565. The molecule has 18 heavy (non-hydrogen) atoms. The zero-order chi connectivity index (χ0) is 13.2. The van der Waals surface area contributed by atoms with Crippen LogP contribution in [0.1, 0.15) is 44.2 Å². The van der Waals surface area contributed by atoms with Gasteiger partial charge in [0, 0.05) is 24.4 Å². The van der Waals surface area contributed by atoms with Crippen LogP contribution in [0.25, 0.3) is 0 Å². The summed E-state index contributed by atoms with van der Waals surface area (Å²) in [5, 5.41) is 3.21. The van der Waals surface area contributed by atoms with Gasteiger partial charge in [-0.15, -0.1) is 0 Å². The molecule has 0 spiro atoms. The van der Waals surface area contributed by atoms with Crippen LogP contribution in [-0.4, -0.2) is 16.4 Å². The fourth-order valence-electron chi connectivity index (χ4n) is 2.96. The molecule has 0 saturated carbocycles. The van der Waals surface area contributed by atoms with Gasteiger partial charge in [-0.05, 0) is 49.3 Å². The molecule has 2 rings (SSSR count). The van der Waals surface area contributed by atoms with Gasteiger partial charge in [-0.25, -0.2) is 0 Å². The molecule has 1 aliphatic rings. The first-order valence-corrected chi connectivity index (χ1v) is 6.71. The quantitative estimate of drug-likeness (QED) is 0.887. The molecule has 2 heterocycles. The second-order valence-electron chi connectivity index (χ2n) is 5.91. The zero-order valence-corrected chi connectivity index (χ0v) is 11.5. The third-order valence-corrected chi connectivity index (χ3v) is 3.71. The van der Waals surface area contributed by atoms with Crippen molar-refractivity contribution in [3.63, 3.8) is 0 Å². The largest absolute Gasteiger partial charge is 0.350 e. The van der Waals surface area contributed by atoms with Crippen LogP contribution in [0.3, 0.4) is 0 Å². The lowest BCUT2D eigenvalue weighted by atomic mass is 9.82. The Morgan fingerprint density at radius 1 is 1.50 bits per heavy atom. The van der Waals surface area contributed by atoms with E-state index in [0.717, 1.165) is 19.3 Å². The molecule has 3 heteroatoms. The first-order valence-electron chi connectivity index (χ1n) is 6.71. The maximum absolute atomic E-state index is 11.6. The number of hydrogen-bond donors (Lipinski definition) is 1. The minimum Gasteiger partial charge on any atom is -0.350 e. The lowest BCUT2D eigenvalue weighted by molar-refractivity contribution is -0.119. The van der Waals surface area contributed by atoms with E-state index in [9.17, 15) is 4.79 Å². The Labute approximate surface area is 109 Å². The van der Waals surface area contributed by atoms with Gasteiger partial charge in [-0.1, -0.05) is 13.8 Å². The molecule has 0 bridgehead atoms. The number of carbonyl (C=O) groups excluding carboxylic acids is 1. The highest BCUT2D eigenvalue weighted by Gasteiger charge is 2.38. The van der Waals surface area contributed by atoms with Crippen molar-refractivity contribution in [2.45, 2.75) is 52.0 Å². The van der Waals surface area contributed by atoms with Crippen molar-refractivity contribution in [1.29, 1.82) is 0 Å². The van der Waals surface area contributed by atoms with E-state index in [-0.39, 0.29) is 11.4 Å². The highest BCUT2D eigenvalue weighted by molar-refractivity contribution is 5.79. The topological polar surface area (TPSA) is 42.0 Å². The summed E-state index contributed by atoms with van der Waals surface area (Å²) in [6.07, 6.45) is 7.29. The number of rotatable bonds is 4. The number of nitrogens with one attached hydrogen (secondary N) is 1.